The van der Waals surface area contributed by atoms with E-state index in [1.807, 2.05) is 0 Å². The summed E-state index contributed by atoms with van der Waals surface area (Å²) in [6, 6.07) is 3.27. The molecule has 0 aliphatic carbocycles. The summed E-state index contributed by atoms with van der Waals surface area (Å²) >= 11 is 0. The van der Waals surface area contributed by atoms with E-state index in [1.165, 1.54) is 12.3 Å². The van der Waals surface area contributed by atoms with Crippen LogP contribution in [0.2, 0.25) is 0 Å². The Morgan fingerprint density at radius 3 is 2.67 bits per heavy atom. The molecule has 0 spiro atoms. The van der Waals surface area contributed by atoms with E-state index >= 15 is 0 Å². The van der Waals surface area contributed by atoms with Crippen molar-refractivity contribution in [3.8, 4) is 0 Å². The minimum Gasteiger partial charge on any atom is -0.545 e. The maximum absolute atomic E-state index is 10.5. The van der Waals surface area contributed by atoms with Crippen molar-refractivity contribution < 1.29 is 15.2 Å². The Kier molecular flexibility index (Phi) is 2.82. The van der Waals surface area contributed by atoms with Gasteiger partial charge in [-0.25, -0.2) is 4.98 Å². The number of carboxylic acid groups (broad SMARTS) is 1. The molecule has 0 amide bonds. The zero-order chi connectivity index (χ0) is 10.7. The molecule has 1 saturated heterocycles. The molecular weight excluding hydrogens is 194 g/mol. The molecule has 5 nitrogen and oxygen atoms in total. The van der Waals surface area contributed by atoms with Gasteiger partial charge >= 0.3 is 0 Å². The van der Waals surface area contributed by atoms with E-state index in [1.54, 1.807) is 6.07 Å². The van der Waals surface area contributed by atoms with E-state index in [9.17, 15) is 9.90 Å². The SMILES string of the molecule is O=C([O-])c1ccc(N2CC[NH2+]CC2)nc1. The number of rotatable bonds is 2. The molecular formula is C10H13N3O2. The standard InChI is InChI=1S/C10H13N3O2/c14-10(15)8-1-2-9(12-7-8)13-5-3-11-4-6-13/h1-2,7,11H,3-6H2,(H,14,15). The minimum atomic E-state index is -1.18. The molecule has 1 fully saturated rings. The Labute approximate surface area is 87.7 Å². The third-order valence-corrected chi connectivity index (χ3v) is 2.51. The Morgan fingerprint density at radius 2 is 2.13 bits per heavy atom. The first-order valence-corrected chi connectivity index (χ1v) is 5.01. The summed E-state index contributed by atoms with van der Waals surface area (Å²) in [5.41, 5.74) is 0.127. The van der Waals surface area contributed by atoms with Gasteiger partial charge in [-0.1, -0.05) is 0 Å². The topological polar surface area (TPSA) is 72.9 Å². The van der Waals surface area contributed by atoms with Crippen molar-refractivity contribution in [2.24, 2.45) is 0 Å². The van der Waals surface area contributed by atoms with Crippen molar-refractivity contribution in [2.75, 3.05) is 31.1 Å². The summed E-state index contributed by atoms with van der Waals surface area (Å²) in [6.07, 6.45) is 1.35. The van der Waals surface area contributed by atoms with E-state index in [4.69, 9.17) is 0 Å². The fourth-order valence-electron chi connectivity index (χ4n) is 1.67. The van der Waals surface area contributed by atoms with E-state index in [-0.39, 0.29) is 5.56 Å². The van der Waals surface area contributed by atoms with Crippen molar-refractivity contribution in [2.45, 2.75) is 0 Å². The molecule has 1 aromatic heterocycles. The summed E-state index contributed by atoms with van der Waals surface area (Å²) in [6.45, 7) is 4.03. The molecule has 1 aromatic rings. The first-order valence-electron chi connectivity index (χ1n) is 5.01. The van der Waals surface area contributed by atoms with E-state index < -0.39 is 5.97 Å². The number of hydrogen-bond acceptors (Lipinski definition) is 4. The normalized spacial score (nSPS) is 16.4. The molecule has 0 radical (unpaired) electrons. The molecule has 80 valence electrons. The van der Waals surface area contributed by atoms with Gasteiger partial charge in [0, 0.05) is 11.8 Å². The molecule has 2 N–H and O–H groups in total. The second kappa shape index (κ2) is 4.27. The highest BCUT2D eigenvalue weighted by Gasteiger charge is 2.13. The second-order valence-electron chi connectivity index (χ2n) is 3.55. The average molecular weight is 207 g/mol. The smallest absolute Gasteiger partial charge is 0.128 e. The lowest BCUT2D eigenvalue weighted by Gasteiger charge is -2.26. The summed E-state index contributed by atoms with van der Waals surface area (Å²) in [5.74, 6) is -0.339. The van der Waals surface area contributed by atoms with Crippen LogP contribution in [0.1, 0.15) is 10.4 Å². The summed E-state index contributed by atoms with van der Waals surface area (Å²) < 4.78 is 0. The molecule has 2 heterocycles. The predicted molar refractivity (Wildman–Crippen MR) is 52.4 cm³/mol. The lowest BCUT2D eigenvalue weighted by atomic mass is 10.2. The van der Waals surface area contributed by atoms with E-state index in [0.717, 1.165) is 32.0 Å². The van der Waals surface area contributed by atoms with Gasteiger partial charge < -0.3 is 20.1 Å². The van der Waals surface area contributed by atoms with E-state index in [0.29, 0.717) is 0 Å². The summed E-state index contributed by atoms with van der Waals surface area (Å²) in [4.78, 5) is 16.8. The van der Waals surface area contributed by atoms with Crippen LogP contribution in [-0.2, 0) is 0 Å². The van der Waals surface area contributed by atoms with Crippen molar-refractivity contribution >= 4 is 11.8 Å². The lowest BCUT2D eigenvalue weighted by Crippen LogP contribution is -2.89. The molecule has 15 heavy (non-hydrogen) atoms. The number of aromatic nitrogens is 1. The number of nitrogens with two attached hydrogens (primary N) is 1. The highest BCUT2D eigenvalue weighted by Crippen LogP contribution is 2.10. The number of carboxylic acids is 1. The number of hydrogen-bond donors (Lipinski definition) is 1. The van der Waals surface area contributed by atoms with Gasteiger partial charge in [0.2, 0.25) is 0 Å². The number of carbonyl (C=O) groups excluding carboxylic acids is 1. The van der Waals surface area contributed by atoms with Gasteiger partial charge in [0.1, 0.15) is 5.82 Å². The molecule has 0 bridgehead atoms. The highest BCUT2D eigenvalue weighted by atomic mass is 16.4. The summed E-state index contributed by atoms with van der Waals surface area (Å²) in [7, 11) is 0. The number of anilines is 1. The third-order valence-electron chi connectivity index (χ3n) is 2.51. The van der Waals surface area contributed by atoms with Crippen LogP contribution in [-0.4, -0.2) is 37.1 Å². The Hall–Kier alpha value is -1.62. The van der Waals surface area contributed by atoms with Gasteiger partial charge in [-0.3, -0.25) is 0 Å². The Morgan fingerprint density at radius 1 is 1.40 bits per heavy atom. The van der Waals surface area contributed by atoms with Crippen LogP contribution >= 0.6 is 0 Å². The number of piperazine rings is 1. The number of quaternary nitrogens is 1. The van der Waals surface area contributed by atoms with E-state index in [2.05, 4.69) is 15.2 Å². The van der Waals surface area contributed by atoms with Gasteiger partial charge in [-0.2, -0.15) is 0 Å². The fraction of sp³-hybridized carbons (Fsp3) is 0.400. The molecule has 2 rings (SSSR count). The number of pyridine rings is 1. The van der Waals surface area contributed by atoms with Crippen molar-refractivity contribution in [3.05, 3.63) is 23.9 Å². The molecule has 0 aromatic carbocycles. The third kappa shape index (κ3) is 2.24. The first-order chi connectivity index (χ1) is 7.27. The Balaban J connectivity index is 2.11. The van der Waals surface area contributed by atoms with Gasteiger partial charge in [0.25, 0.3) is 0 Å². The zero-order valence-electron chi connectivity index (χ0n) is 8.35. The molecule has 1 aliphatic rings. The van der Waals surface area contributed by atoms with Crippen LogP contribution in [0.3, 0.4) is 0 Å². The van der Waals surface area contributed by atoms with Crippen molar-refractivity contribution in [1.82, 2.24) is 4.98 Å². The fourth-order valence-corrected chi connectivity index (χ4v) is 1.67. The number of nitrogens with zero attached hydrogens (tertiary/aromatic N) is 2. The molecule has 5 heteroatoms. The molecule has 0 unspecified atom stereocenters. The van der Waals surface area contributed by atoms with Crippen LogP contribution in [0, 0.1) is 0 Å². The van der Waals surface area contributed by atoms with Crippen molar-refractivity contribution in [1.29, 1.82) is 0 Å². The van der Waals surface area contributed by atoms with Crippen LogP contribution in [0.25, 0.3) is 0 Å². The van der Waals surface area contributed by atoms with Crippen molar-refractivity contribution in [3.63, 3.8) is 0 Å². The molecule has 0 saturated carbocycles. The highest BCUT2D eigenvalue weighted by molar-refractivity contribution is 5.85. The summed E-state index contributed by atoms with van der Waals surface area (Å²) in [5, 5.41) is 12.8. The maximum atomic E-state index is 10.5. The van der Waals surface area contributed by atoms with Crippen LogP contribution in [0.15, 0.2) is 18.3 Å². The number of aromatic carboxylic acids is 1. The lowest BCUT2D eigenvalue weighted by molar-refractivity contribution is -0.655. The second-order valence-corrected chi connectivity index (χ2v) is 3.55. The van der Waals surface area contributed by atoms with Gasteiger partial charge in [-0.05, 0) is 12.1 Å². The Bertz CT molecular complexity index is 344. The zero-order valence-corrected chi connectivity index (χ0v) is 8.35. The van der Waals surface area contributed by atoms with Gasteiger partial charge in [0.15, 0.2) is 0 Å². The van der Waals surface area contributed by atoms with Gasteiger partial charge in [0.05, 0.1) is 32.1 Å². The number of carbonyl (C=O) groups is 1. The molecule has 1 aliphatic heterocycles. The van der Waals surface area contributed by atoms with Crippen LogP contribution in [0.4, 0.5) is 5.82 Å². The van der Waals surface area contributed by atoms with Gasteiger partial charge in [-0.15, -0.1) is 0 Å². The molecule has 0 atom stereocenters. The first kappa shape index (κ1) is 9.92. The van der Waals surface area contributed by atoms with Crippen LogP contribution < -0.4 is 15.3 Å². The minimum absolute atomic E-state index is 0.127. The maximum Gasteiger partial charge on any atom is 0.128 e. The predicted octanol–water partition coefficient (Wildman–Crippen LogP) is -2.17. The average Bonchev–Trinajstić information content (AvgIpc) is 2.30. The monoisotopic (exact) mass is 207 g/mol. The van der Waals surface area contributed by atoms with Crippen LogP contribution in [0.5, 0.6) is 0 Å². The quantitative estimate of drug-likeness (QED) is 0.599. The largest absolute Gasteiger partial charge is 0.545 e.